The molecule has 0 heterocycles. The first-order valence-corrected chi connectivity index (χ1v) is 10.2. The van der Waals surface area contributed by atoms with Crippen molar-refractivity contribution in [1.82, 2.24) is 5.43 Å². The Kier molecular flexibility index (Phi) is 7.00. The molecule has 8 nitrogen and oxygen atoms in total. The fourth-order valence-electron chi connectivity index (χ4n) is 2.37. The van der Waals surface area contributed by atoms with E-state index in [1.807, 2.05) is 12.1 Å². The Bertz CT molecular complexity index is 956. The average molecular weight is 405 g/mol. The van der Waals surface area contributed by atoms with Gasteiger partial charge in [-0.1, -0.05) is 6.07 Å². The number of anilines is 1. The number of hydrogen-bond donors (Lipinski definition) is 1. The Hall–Kier alpha value is -3.07. The van der Waals surface area contributed by atoms with E-state index in [4.69, 9.17) is 9.47 Å². The number of sulfonamides is 1. The van der Waals surface area contributed by atoms with Gasteiger partial charge in [0, 0.05) is 6.07 Å². The maximum atomic E-state index is 12.3. The molecule has 2 rings (SSSR count). The highest BCUT2D eigenvalue weighted by molar-refractivity contribution is 7.92. The predicted molar refractivity (Wildman–Crippen MR) is 109 cm³/mol. The van der Waals surface area contributed by atoms with E-state index in [-0.39, 0.29) is 0 Å². The van der Waals surface area contributed by atoms with Gasteiger partial charge in [0.1, 0.15) is 18.0 Å². The van der Waals surface area contributed by atoms with Crippen molar-refractivity contribution < 1.29 is 22.7 Å². The van der Waals surface area contributed by atoms with Crippen molar-refractivity contribution in [1.29, 1.82) is 0 Å². The highest BCUT2D eigenvalue weighted by atomic mass is 32.2. The summed E-state index contributed by atoms with van der Waals surface area (Å²) in [4.78, 5) is 12.3. The molecule has 2 aromatic carbocycles. The zero-order chi connectivity index (χ0) is 20.7. The number of rotatable bonds is 8. The molecule has 0 saturated carbocycles. The summed E-state index contributed by atoms with van der Waals surface area (Å²) < 4.78 is 35.5. The van der Waals surface area contributed by atoms with Crippen molar-refractivity contribution in [2.24, 2.45) is 5.10 Å². The van der Waals surface area contributed by atoms with Crippen LogP contribution in [0.2, 0.25) is 0 Å². The quantitative estimate of drug-likeness (QED) is 0.535. The van der Waals surface area contributed by atoms with Crippen LogP contribution in [0.25, 0.3) is 0 Å². The molecule has 0 aliphatic rings. The first kappa shape index (κ1) is 21.2. The molecule has 2 aromatic rings. The summed E-state index contributed by atoms with van der Waals surface area (Å²) in [5.41, 5.74) is 4.09. The molecule has 28 heavy (non-hydrogen) atoms. The van der Waals surface area contributed by atoms with E-state index in [9.17, 15) is 13.2 Å². The molecule has 0 aliphatic heterocycles. The van der Waals surface area contributed by atoms with Crippen LogP contribution < -0.4 is 19.2 Å². The highest BCUT2D eigenvalue weighted by Crippen LogP contribution is 2.22. The van der Waals surface area contributed by atoms with Crippen LogP contribution in [0.5, 0.6) is 11.5 Å². The largest absolute Gasteiger partial charge is 0.497 e. The molecule has 0 aliphatic carbocycles. The van der Waals surface area contributed by atoms with Gasteiger partial charge < -0.3 is 9.47 Å². The molecule has 150 valence electrons. The van der Waals surface area contributed by atoms with Gasteiger partial charge in [0.15, 0.2) is 0 Å². The summed E-state index contributed by atoms with van der Waals surface area (Å²) in [5, 5.41) is 4.04. The molecule has 0 fully saturated rings. The van der Waals surface area contributed by atoms with Crippen molar-refractivity contribution in [3.63, 3.8) is 0 Å². The maximum Gasteiger partial charge on any atom is 0.260 e. The molecule has 0 aromatic heterocycles. The van der Waals surface area contributed by atoms with Gasteiger partial charge >= 0.3 is 0 Å². The summed E-state index contributed by atoms with van der Waals surface area (Å²) in [6, 6.07) is 13.6. The minimum atomic E-state index is -3.68. The number of hydrazone groups is 1. The second kappa shape index (κ2) is 9.23. The van der Waals surface area contributed by atoms with E-state index in [0.717, 1.165) is 16.1 Å². The zero-order valence-electron chi connectivity index (χ0n) is 16.2. The third-order valence-electron chi connectivity index (χ3n) is 3.88. The summed E-state index contributed by atoms with van der Waals surface area (Å²) in [5.74, 6) is 0.628. The molecule has 1 amide bonds. The predicted octanol–water partition coefficient (Wildman–Crippen LogP) is 2.01. The van der Waals surface area contributed by atoms with Crippen LogP contribution in [0.4, 0.5) is 5.69 Å². The molecule has 0 bridgehead atoms. The summed E-state index contributed by atoms with van der Waals surface area (Å²) in [6.07, 6.45) is 1.03. The molecule has 9 heteroatoms. The van der Waals surface area contributed by atoms with E-state index >= 15 is 0 Å². The van der Waals surface area contributed by atoms with Crippen molar-refractivity contribution in [2.75, 3.05) is 31.3 Å². The summed E-state index contributed by atoms with van der Waals surface area (Å²) >= 11 is 0. The van der Waals surface area contributed by atoms with Crippen LogP contribution in [-0.2, 0) is 14.8 Å². The van der Waals surface area contributed by atoms with Gasteiger partial charge in [0.25, 0.3) is 5.91 Å². The average Bonchev–Trinajstić information content (AvgIpc) is 2.69. The topological polar surface area (TPSA) is 97.3 Å². The van der Waals surface area contributed by atoms with Crippen molar-refractivity contribution in [3.8, 4) is 11.5 Å². The molecular weight excluding hydrogens is 382 g/mol. The Balaban J connectivity index is 2.12. The van der Waals surface area contributed by atoms with E-state index in [1.54, 1.807) is 50.4 Å². The normalized spacial score (nSPS) is 11.6. The minimum Gasteiger partial charge on any atom is -0.497 e. The Labute approximate surface area is 164 Å². The molecule has 0 spiro atoms. The number of amides is 1. The second-order valence-corrected chi connectivity index (χ2v) is 7.84. The number of nitrogens with one attached hydrogen (secondary N) is 1. The Morgan fingerprint density at radius 1 is 1.07 bits per heavy atom. The van der Waals surface area contributed by atoms with Gasteiger partial charge in [0.05, 0.1) is 31.9 Å². The van der Waals surface area contributed by atoms with Gasteiger partial charge in [0.2, 0.25) is 10.0 Å². The summed E-state index contributed by atoms with van der Waals surface area (Å²) in [7, 11) is -0.627. The maximum absolute atomic E-state index is 12.3. The molecule has 0 unspecified atom stereocenters. The van der Waals surface area contributed by atoms with Crippen LogP contribution in [-0.4, -0.2) is 47.1 Å². The standard InChI is InChI=1S/C19H23N3O5S/c1-14(15-8-10-17(26-2)11-9-15)20-21-19(23)13-22(28(4,24)25)16-6-5-7-18(12-16)27-3/h5-12H,13H2,1-4H3,(H,21,23)/b20-14-. The Morgan fingerprint density at radius 2 is 1.71 bits per heavy atom. The number of hydrogen-bond acceptors (Lipinski definition) is 6. The second-order valence-electron chi connectivity index (χ2n) is 5.93. The monoisotopic (exact) mass is 405 g/mol. The molecule has 0 atom stereocenters. The van der Waals surface area contributed by atoms with Crippen LogP contribution in [0.3, 0.4) is 0 Å². The number of ether oxygens (including phenoxy) is 2. The van der Waals surface area contributed by atoms with Gasteiger partial charge in [-0.3, -0.25) is 9.10 Å². The number of nitrogens with zero attached hydrogens (tertiary/aromatic N) is 2. The molecule has 1 N–H and O–H groups in total. The molecular formula is C19H23N3O5S. The third-order valence-corrected chi connectivity index (χ3v) is 5.03. The van der Waals surface area contributed by atoms with E-state index in [1.165, 1.54) is 7.11 Å². The fourth-order valence-corrected chi connectivity index (χ4v) is 3.22. The van der Waals surface area contributed by atoms with E-state index in [2.05, 4.69) is 10.5 Å². The highest BCUT2D eigenvalue weighted by Gasteiger charge is 2.21. The van der Waals surface area contributed by atoms with Gasteiger partial charge in [-0.2, -0.15) is 5.10 Å². The van der Waals surface area contributed by atoms with Crippen molar-refractivity contribution >= 4 is 27.3 Å². The third kappa shape index (κ3) is 5.71. The summed E-state index contributed by atoms with van der Waals surface area (Å²) in [6.45, 7) is 1.32. The van der Waals surface area contributed by atoms with E-state index < -0.39 is 22.5 Å². The number of benzene rings is 2. The van der Waals surface area contributed by atoms with Crippen LogP contribution in [0, 0.1) is 0 Å². The van der Waals surface area contributed by atoms with Crippen molar-refractivity contribution in [3.05, 3.63) is 54.1 Å². The van der Waals surface area contributed by atoms with Gasteiger partial charge in [-0.05, 0) is 48.9 Å². The lowest BCUT2D eigenvalue weighted by molar-refractivity contribution is -0.119. The lowest BCUT2D eigenvalue weighted by atomic mass is 10.1. The zero-order valence-corrected chi connectivity index (χ0v) is 17.0. The molecule has 0 saturated heterocycles. The first-order chi connectivity index (χ1) is 13.2. The van der Waals surface area contributed by atoms with E-state index in [0.29, 0.717) is 22.9 Å². The fraction of sp³-hybridized carbons (Fsp3) is 0.263. The smallest absolute Gasteiger partial charge is 0.260 e. The van der Waals surface area contributed by atoms with Gasteiger partial charge in [-0.15, -0.1) is 0 Å². The van der Waals surface area contributed by atoms with Crippen LogP contribution in [0.1, 0.15) is 12.5 Å². The van der Waals surface area contributed by atoms with Crippen LogP contribution >= 0.6 is 0 Å². The lowest BCUT2D eigenvalue weighted by Crippen LogP contribution is -2.39. The lowest BCUT2D eigenvalue weighted by Gasteiger charge is -2.21. The molecule has 0 radical (unpaired) electrons. The minimum absolute atomic E-state index is 0.327. The number of methoxy groups -OCH3 is 2. The van der Waals surface area contributed by atoms with Crippen molar-refractivity contribution in [2.45, 2.75) is 6.92 Å². The Morgan fingerprint density at radius 3 is 2.29 bits per heavy atom. The number of carbonyl (C=O) groups excluding carboxylic acids is 1. The number of carbonyl (C=O) groups is 1. The van der Waals surface area contributed by atoms with Gasteiger partial charge in [-0.25, -0.2) is 13.8 Å². The van der Waals surface area contributed by atoms with Crippen LogP contribution in [0.15, 0.2) is 53.6 Å². The first-order valence-electron chi connectivity index (χ1n) is 8.34. The SMILES string of the molecule is COc1ccc(/C(C)=N\NC(=O)CN(c2cccc(OC)c2)S(C)(=O)=O)cc1.